The van der Waals surface area contributed by atoms with Gasteiger partial charge in [0.2, 0.25) is 5.91 Å². The second-order valence-electron chi connectivity index (χ2n) is 6.41. The lowest BCUT2D eigenvalue weighted by Crippen LogP contribution is -2.34. The first kappa shape index (κ1) is 15.1. The van der Waals surface area contributed by atoms with E-state index >= 15 is 0 Å². The van der Waals surface area contributed by atoms with Crippen LogP contribution in [0.1, 0.15) is 57.8 Å². The molecule has 0 aliphatic heterocycles. The molecule has 2 aliphatic rings. The fourth-order valence-corrected chi connectivity index (χ4v) is 3.56. The van der Waals surface area contributed by atoms with E-state index in [2.05, 4.69) is 17.5 Å². The number of carbonyl (C=O) groups excluding carboxylic acids is 1. The zero-order valence-electron chi connectivity index (χ0n) is 12.1. The van der Waals surface area contributed by atoms with E-state index in [9.17, 15) is 9.59 Å². The van der Waals surface area contributed by atoms with E-state index in [1.54, 1.807) is 0 Å². The molecule has 2 rings (SSSR count). The van der Waals surface area contributed by atoms with E-state index in [4.69, 9.17) is 5.11 Å². The van der Waals surface area contributed by atoms with Crippen molar-refractivity contribution in [1.29, 1.82) is 0 Å². The number of aliphatic carboxylic acids is 1. The molecular weight excluding hydrogens is 254 g/mol. The van der Waals surface area contributed by atoms with Gasteiger partial charge >= 0.3 is 5.97 Å². The SMILES string of the molecule is O=C(O)CC1(CC(=O)NCC2CC=CCC2)CCCC1. The van der Waals surface area contributed by atoms with Gasteiger partial charge in [0.05, 0.1) is 6.42 Å². The highest BCUT2D eigenvalue weighted by atomic mass is 16.4. The molecule has 4 heteroatoms. The third-order valence-corrected chi connectivity index (χ3v) is 4.69. The summed E-state index contributed by atoms with van der Waals surface area (Å²) < 4.78 is 0. The molecule has 2 N–H and O–H groups in total. The van der Waals surface area contributed by atoms with Crippen LogP contribution in [0.5, 0.6) is 0 Å². The zero-order valence-corrected chi connectivity index (χ0v) is 12.1. The Morgan fingerprint density at radius 1 is 1.20 bits per heavy atom. The van der Waals surface area contributed by atoms with Crippen LogP contribution in [-0.4, -0.2) is 23.5 Å². The first-order chi connectivity index (χ1) is 9.60. The van der Waals surface area contributed by atoms with Crippen LogP contribution in [0.25, 0.3) is 0 Å². The van der Waals surface area contributed by atoms with E-state index in [0.29, 0.717) is 12.3 Å². The number of hydrogen-bond donors (Lipinski definition) is 2. The van der Waals surface area contributed by atoms with Crippen LogP contribution in [0.3, 0.4) is 0 Å². The maximum absolute atomic E-state index is 12.1. The topological polar surface area (TPSA) is 66.4 Å². The van der Waals surface area contributed by atoms with Crippen molar-refractivity contribution in [2.24, 2.45) is 11.3 Å². The predicted octanol–water partition coefficient (Wildman–Crippen LogP) is 2.88. The first-order valence-corrected chi connectivity index (χ1v) is 7.73. The molecule has 20 heavy (non-hydrogen) atoms. The maximum atomic E-state index is 12.1. The average molecular weight is 279 g/mol. The van der Waals surface area contributed by atoms with Crippen LogP contribution in [0, 0.1) is 11.3 Å². The number of hydrogen-bond acceptors (Lipinski definition) is 2. The van der Waals surface area contributed by atoms with Crippen molar-refractivity contribution < 1.29 is 14.7 Å². The van der Waals surface area contributed by atoms with E-state index in [0.717, 1.165) is 51.5 Å². The van der Waals surface area contributed by atoms with Gasteiger partial charge < -0.3 is 10.4 Å². The molecule has 1 unspecified atom stereocenters. The molecule has 1 fully saturated rings. The Balaban J connectivity index is 1.79. The van der Waals surface area contributed by atoms with Crippen LogP contribution in [0.2, 0.25) is 0 Å². The summed E-state index contributed by atoms with van der Waals surface area (Å²) in [5, 5.41) is 12.1. The minimum Gasteiger partial charge on any atom is -0.481 e. The highest BCUT2D eigenvalue weighted by Crippen LogP contribution is 2.44. The van der Waals surface area contributed by atoms with Crippen molar-refractivity contribution in [1.82, 2.24) is 5.32 Å². The number of nitrogens with one attached hydrogen (secondary N) is 1. The normalized spacial score (nSPS) is 24.5. The second-order valence-corrected chi connectivity index (χ2v) is 6.41. The van der Waals surface area contributed by atoms with Gasteiger partial charge in [-0.15, -0.1) is 0 Å². The fourth-order valence-electron chi connectivity index (χ4n) is 3.56. The summed E-state index contributed by atoms with van der Waals surface area (Å²) in [6.45, 7) is 0.728. The Morgan fingerprint density at radius 3 is 2.55 bits per heavy atom. The Morgan fingerprint density at radius 2 is 1.95 bits per heavy atom. The molecule has 112 valence electrons. The van der Waals surface area contributed by atoms with Crippen molar-refractivity contribution in [3.05, 3.63) is 12.2 Å². The Kier molecular flexibility index (Phi) is 5.21. The Bertz CT molecular complexity index is 383. The van der Waals surface area contributed by atoms with Gasteiger partial charge in [0.25, 0.3) is 0 Å². The van der Waals surface area contributed by atoms with Gasteiger partial charge in [-0.1, -0.05) is 25.0 Å². The third kappa shape index (κ3) is 4.36. The lowest BCUT2D eigenvalue weighted by molar-refractivity contribution is -0.140. The maximum Gasteiger partial charge on any atom is 0.303 e. The molecule has 0 aromatic carbocycles. The van der Waals surface area contributed by atoms with Crippen LogP contribution >= 0.6 is 0 Å². The molecule has 1 amide bonds. The van der Waals surface area contributed by atoms with Gasteiger partial charge in [-0.05, 0) is 43.4 Å². The standard InChI is InChI=1S/C16H25NO3/c18-14(17-12-13-6-2-1-3-7-13)10-16(11-15(19)20)8-4-5-9-16/h1-2,13H,3-12H2,(H,17,18)(H,19,20). The average Bonchev–Trinajstić information content (AvgIpc) is 2.85. The Labute approximate surface area is 120 Å². The summed E-state index contributed by atoms with van der Waals surface area (Å²) in [4.78, 5) is 23.1. The summed E-state index contributed by atoms with van der Waals surface area (Å²) in [6, 6.07) is 0. The van der Waals surface area contributed by atoms with E-state index in [1.165, 1.54) is 0 Å². The Hall–Kier alpha value is -1.32. The molecule has 1 atom stereocenters. The smallest absolute Gasteiger partial charge is 0.303 e. The van der Waals surface area contributed by atoms with Crippen molar-refractivity contribution in [3.8, 4) is 0 Å². The van der Waals surface area contributed by atoms with E-state index < -0.39 is 5.97 Å². The lowest BCUT2D eigenvalue weighted by Gasteiger charge is -2.27. The number of carboxylic acid groups (broad SMARTS) is 1. The summed E-state index contributed by atoms with van der Waals surface area (Å²) in [7, 11) is 0. The fraction of sp³-hybridized carbons (Fsp3) is 0.750. The minimum atomic E-state index is -0.780. The number of amides is 1. The molecule has 0 bridgehead atoms. The van der Waals surface area contributed by atoms with Crippen molar-refractivity contribution in [2.75, 3.05) is 6.54 Å². The first-order valence-electron chi connectivity index (χ1n) is 7.73. The van der Waals surface area contributed by atoms with Crippen molar-refractivity contribution >= 4 is 11.9 Å². The molecular formula is C16H25NO3. The second kappa shape index (κ2) is 6.91. The number of allylic oxidation sites excluding steroid dienone is 2. The third-order valence-electron chi connectivity index (χ3n) is 4.69. The van der Waals surface area contributed by atoms with Gasteiger partial charge in [0.15, 0.2) is 0 Å². The number of rotatable bonds is 6. The highest BCUT2D eigenvalue weighted by Gasteiger charge is 2.37. The molecule has 4 nitrogen and oxygen atoms in total. The molecule has 0 aromatic rings. The number of carboxylic acids is 1. The van der Waals surface area contributed by atoms with Gasteiger partial charge in [0.1, 0.15) is 0 Å². The molecule has 0 saturated heterocycles. The highest BCUT2D eigenvalue weighted by molar-refractivity contribution is 5.78. The van der Waals surface area contributed by atoms with Gasteiger partial charge in [-0.3, -0.25) is 9.59 Å². The van der Waals surface area contributed by atoms with Crippen molar-refractivity contribution in [2.45, 2.75) is 57.8 Å². The molecule has 2 aliphatic carbocycles. The van der Waals surface area contributed by atoms with Crippen molar-refractivity contribution in [3.63, 3.8) is 0 Å². The van der Waals surface area contributed by atoms with Gasteiger partial charge in [-0.2, -0.15) is 0 Å². The van der Waals surface area contributed by atoms with E-state index in [1.807, 2.05) is 0 Å². The monoisotopic (exact) mass is 279 g/mol. The van der Waals surface area contributed by atoms with Crippen LogP contribution in [0.4, 0.5) is 0 Å². The molecule has 0 radical (unpaired) electrons. The predicted molar refractivity (Wildman–Crippen MR) is 77.3 cm³/mol. The zero-order chi connectivity index (χ0) is 14.4. The van der Waals surface area contributed by atoms with Gasteiger partial charge in [-0.25, -0.2) is 0 Å². The minimum absolute atomic E-state index is 0.0303. The van der Waals surface area contributed by atoms with Gasteiger partial charge in [0, 0.05) is 13.0 Å². The summed E-state index contributed by atoms with van der Waals surface area (Å²) >= 11 is 0. The molecule has 0 aromatic heterocycles. The van der Waals surface area contributed by atoms with Crippen LogP contribution in [-0.2, 0) is 9.59 Å². The van der Waals surface area contributed by atoms with Crippen LogP contribution < -0.4 is 5.32 Å². The molecule has 0 heterocycles. The van der Waals surface area contributed by atoms with Crippen LogP contribution in [0.15, 0.2) is 12.2 Å². The lowest BCUT2D eigenvalue weighted by atomic mass is 9.79. The molecule has 0 spiro atoms. The number of carbonyl (C=O) groups is 2. The van der Waals surface area contributed by atoms with E-state index in [-0.39, 0.29) is 17.7 Å². The summed E-state index contributed by atoms with van der Waals surface area (Å²) in [5.74, 6) is -0.206. The quantitative estimate of drug-likeness (QED) is 0.735. The largest absolute Gasteiger partial charge is 0.481 e. The summed E-state index contributed by atoms with van der Waals surface area (Å²) in [6.07, 6.45) is 12.0. The molecule has 1 saturated carbocycles. The summed E-state index contributed by atoms with van der Waals surface area (Å²) in [5.41, 5.74) is -0.289.